The first kappa shape index (κ1) is 29.7. The van der Waals surface area contributed by atoms with Crippen LogP contribution in [0.1, 0.15) is 38.3 Å². The van der Waals surface area contributed by atoms with Crippen molar-refractivity contribution in [2.45, 2.75) is 57.6 Å². The molecular formula is C30H37N3O5S. The van der Waals surface area contributed by atoms with Gasteiger partial charge in [0.05, 0.1) is 17.7 Å². The van der Waals surface area contributed by atoms with Crippen molar-refractivity contribution < 1.29 is 22.7 Å². The van der Waals surface area contributed by atoms with E-state index in [1.54, 1.807) is 49.4 Å². The van der Waals surface area contributed by atoms with E-state index in [-0.39, 0.29) is 29.1 Å². The van der Waals surface area contributed by atoms with Crippen LogP contribution in [-0.4, -0.2) is 50.9 Å². The Morgan fingerprint density at radius 3 is 2.26 bits per heavy atom. The largest absolute Gasteiger partial charge is 0.497 e. The number of carbonyl (C=O) groups is 2. The molecule has 2 amide bonds. The predicted octanol–water partition coefficient (Wildman–Crippen LogP) is 4.53. The molecule has 9 heteroatoms. The quantitative estimate of drug-likeness (QED) is 0.357. The van der Waals surface area contributed by atoms with Crippen LogP contribution in [0.4, 0.5) is 5.69 Å². The molecule has 8 nitrogen and oxygen atoms in total. The molecule has 0 aliphatic heterocycles. The lowest BCUT2D eigenvalue weighted by Gasteiger charge is -2.32. The number of benzene rings is 3. The van der Waals surface area contributed by atoms with Crippen molar-refractivity contribution >= 4 is 27.5 Å². The number of rotatable bonds is 12. The lowest BCUT2D eigenvalue weighted by Crippen LogP contribution is -2.52. The molecule has 3 aromatic rings. The Kier molecular flexibility index (Phi) is 10.1. The van der Waals surface area contributed by atoms with Gasteiger partial charge < -0.3 is 15.0 Å². The highest BCUT2D eigenvalue weighted by Gasteiger charge is 2.33. The number of methoxy groups -OCH3 is 1. The zero-order chi connectivity index (χ0) is 28.6. The number of carbonyl (C=O) groups excluding carboxylic acids is 2. The SMILES string of the molecule is CC[C@H](C)NC(=O)[C@@H](C)N(Cc1ccccc1C)C(=O)CN(c1cccc(OC)c1)S(=O)(=O)c1ccccc1. The maximum Gasteiger partial charge on any atom is 0.264 e. The standard InChI is InChI=1S/C30H37N3O5S/c1-6-23(3)31-30(35)24(4)32(20-25-14-11-10-13-22(25)2)29(34)21-33(26-15-12-16-27(19-26)38-5)39(36,37)28-17-8-7-9-18-28/h7-19,23-24H,6,20-21H2,1-5H3,(H,31,35)/t23-,24+/m0/s1. The monoisotopic (exact) mass is 551 g/mol. The zero-order valence-corrected chi connectivity index (χ0v) is 23.9. The average Bonchev–Trinajstić information content (AvgIpc) is 2.95. The van der Waals surface area contributed by atoms with E-state index < -0.39 is 28.5 Å². The second-order valence-electron chi connectivity index (χ2n) is 9.47. The minimum absolute atomic E-state index is 0.0497. The van der Waals surface area contributed by atoms with Gasteiger partial charge in [-0.1, -0.05) is 55.5 Å². The maximum atomic E-state index is 14.0. The Hall–Kier alpha value is -3.85. The van der Waals surface area contributed by atoms with E-state index >= 15 is 0 Å². The fraction of sp³-hybridized carbons (Fsp3) is 0.333. The Balaban J connectivity index is 2.04. The predicted molar refractivity (Wildman–Crippen MR) is 153 cm³/mol. The zero-order valence-electron chi connectivity index (χ0n) is 23.1. The van der Waals surface area contributed by atoms with E-state index in [1.807, 2.05) is 45.0 Å². The third-order valence-corrected chi connectivity index (χ3v) is 8.51. The minimum atomic E-state index is -4.13. The topological polar surface area (TPSA) is 96.0 Å². The second-order valence-corrected chi connectivity index (χ2v) is 11.3. The molecule has 3 rings (SSSR count). The maximum absolute atomic E-state index is 14.0. The van der Waals surface area contributed by atoms with Gasteiger partial charge in [-0.05, 0) is 62.6 Å². The molecule has 0 aliphatic rings. The number of nitrogens with one attached hydrogen (secondary N) is 1. The molecule has 208 valence electrons. The number of nitrogens with zero attached hydrogens (tertiary/aromatic N) is 2. The number of aryl methyl sites for hydroxylation is 1. The first-order chi connectivity index (χ1) is 18.6. The van der Waals surface area contributed by atoms with Gasteiger partial charge in [0.2, 0.25) is 11.8 Å². The molecule has 0 saturated carbocycles. The molecule has 0 fully saturated rings. The van der Waals surface area contributed by atoms with Crippen LogP contribution >= 0.6 is 0 Å². The molecule has 39 heavy (non-hydrogen) atoms. The third kappa shape index (κ3) is 7.38. The summed E-state index contributed by atoms with van der Waals surface area (Å²) in [5, 5.41) is 2.94. The molecule has 3 aromatic carbocycles. The van der Waals surface area contributed by atoms with E-state index in [1.165, 1.54) is 24.1 Å². The third-order valence-electron chi connectivity index (χ3n) is 6.72. The van der Waals surface area contributed by atoms with Crippen molar-refractivity contribution in [3.8, 4) is 5.75 Å². The molecule has 0 unspecified atom stereocenters. The number of anilines is 1. The van der Waals surface area contributed by atoms with Crippen LogP contribution < -0.4 is 14.4 Å². The highest BCUT2D eigenvalue weighted by Crippen LogP contribution is 2.27. The van der Waals surface area contributed by atoms with Crippen molar-refractivity contribution in [1.82, 2.24) is 10.2 Å². The van der Waals surface area contributed by atoms with Gasteiger partial charge in [0, 0.05) is 18.7 Å². The molecule has 0 spiro atoms. The van der Waals surface area contributed by atoms with Crippen LogP contribution in [0.2, 0.25) is 0 Å². The van der Waals surface area contributed by atoms with Gasteiger partial charge in [-0.25, -0.2) is 8.42 Å². The van der Waals surface area contributed by atoms with Crippen LogP contribution in [0.3, 0.4) is 0 Å². The molecule has 0 aromatic heterocycles. The van der Waals surface area contributed by atoms with Crippen LogP contribution in [0.5, 0.6) is 5.75 Å². The fourth-order valence-electron chi connectivity index (χ4n) is 4.03. The van der Waals surface area contributed by atoms with E-state index in [9.17, 15) is 18.0 Å². The fourth-order valence-corrected chi connectivity index (χ4v) is 5.46. The van der Waals surface area contributed by atoms with Gasteiger partial charge >= 0.3 is 0 Å². The molecule has 0 saturated heterocycles. The molecular weight excluding hydrogens is 514 g/mol. The summed E-state index contributed by atoms with van der Waals surface area (Å²) in [6.45, 7) is 7.11. The highest BCUT2D eigenvalue weighted by atomic mass is 32.2. The number of hydrogen-bond acceptors (Lipinski definition) is 5. The van der Waals surface area contributed by atoms with Crippen molar-refractivity contribution in [2.75, 3.05) is 18.0 Å². The van der Waals surface area contributed by atoms with Crippen LogP contribution in [0.15, 0.2) is 83.8 Å². The Bertz CT molecular complexity index is 1380. The summed E-state index contributed by atoms with van der Waals surface area (Å²) < 4.78 is 34.0. The van der Waals surface area contributed by atoms with Crippen LogP contribution in [-0.2, 0) is 26.2 Å². The number of sulfonamides is 1. The minimum Gasteiger partial charge on any atom is -0.497 e. The molecule has 0 heterocycles. The molecule has 0 bridgehead atoms. The van der Waals surface area contributed by atoms with Gasteiger partial charge in [0.25, 0.3) is 10.0 Å². The summed E-state index contributed by atoms with van der Waals surface area (Å²) in [5.74, 6) is -0.358. The first-order valence-corrected chi connectivity index (χ1v) is 14.4. The highest BCUT2D eigenvalue weighted by molar-refractivity contribution is 7.92. The summed E-state index contributed by atoms with van der Waals surface area (Å²) >= 11 is 0. The first-order valence-electron chi connectivity index (χ1n) is 12.9. The van der Waals surface area contributed by atoms with E-state index in [4.69, 9.17) is 4.74 Å². The average molecular weight is 552 g/mol. The summed E-state index contributed by atoms with van der Waals surface area (Å²) in [4.78, 5) is 28.6. The van der Waals surface area contributed by atoms with E-state index in [0.717, 1.165) is 21.9 Å². The lowest BCUT2D eigenvalue weighted by molar-refractivity contribution is -0.139. The van der Waals surface area contributed by atoms with Crippen molar-refractivity contribution in [3.05, 3.63) is 90.0 Å². The number of amides is 2. The van der Waals surface area contributed by atoms with Gasteiger partial charge in [0.1, 0.15) is 18.3 Å². The summed E-state index contributed by atoms with van der Waals surface area (Å²) in [6, 6.07) is 21.2. The number of hydrogen-bond donors (Lipinski definition) is 1. The van der Waals surface area contributed by atoms with Gasteiger partial charge in [-0.3, -0.25) is 13.9 Å². The summed E-state index contributed by atoms with van der Waals surface area (Å²) in [7, 11) is -2.64. The smallest absolute Gasteiger partial charge is 0.264 e. The van der Waals surface area contributed by atoms with Crippen molar-refractivity contribution in [3.63, 3.8) is 0 Å². The lowest BCUT2D eigenvalue weighted by atomic mass is 10.1. The molecule has 2 atom stereocenters. The molecule has 0 aliphatic carbocycles. The Labute approximate surface area is 231 Å². The Morgan fingerprint density at radius 1 is 0.949 bits per heavy atom. The van der Waals surface area contributed by atoms with Gasteiger partial charge in [-0.15, -0.1) is 0 Å². The normalized spacial score (nSPS) is 12.7. The van der Waals surface area contributed by atoms with E-state index in [0.29, 0.717) is 5.75 Å². The van der Waals surface area contributed by atoms with Crippen LogP contribution in [0, 0.1) is 6.92 Å². The second kappa shape index (κ2) is 13.3. The van der Waals surface area contributed by atoms with Gasteiger partial charge in [-0.2, -0.15) is 0 Å². The summed E-state index contributed by atoms with van der Waals surface area (Å²) in [6.07, 6.45) is 0.739. The van der Waals surface area contributed by atoms with Gasteiger partial charge in [0.15, 0.2) is 0 Å². The summed E-state index contributed by atoms with van der Waals surface area (Å²) in [5.41, 5.74) is 2.11. The van der Waals surface area contributed by atoms with Crippen molar-refractivity contribution in [2.24, 2.45) is 0 Å². The number of ether oxygens (including phenoxy) is 1. The van der Waals surface area contributed by atoms with Crippen molar-refractivity contribution in [1.29, 1.82) is 0 Å². The van der Waals surface area contributed by atoms with E-state index in [2.05, 4.69) is 5.32 Å². The Morgan fingerprint density at radius 2 is 1.62 bits per heavy atom. The molecule has 0 radical (unpaired) electrons. The molecule has 1 N–H and O–H groups in total. The van der Waals surface area contributed by atoms with Crippen LogP contribution in [0.25, 0.3) is 0 Å².